The zero-order valence-electron chi connectivity index (χ0n) is 11.5. The molecule has 0 saturated carbocycles. The van der Waals surface area contributed by atoms with Gasteiger partial charge >= 0.3 is 5.97 Å². The molecule has 0 aromatic heterocycles. The first-order valence-electron chi connectivity index (χ1n) is 6.18. The molecule has 0 aliphatic heterocycles. The maximum Gasteiger partial charge on any atom is 0.340 e. The fraction of sp³-hybridized carbons (Fsp3) is 0.133. The van der Waals surface area contributed by atoms with Gasteiger partial charge in [-0.25, -0.2) is 13.2 Å². The number of hydrogen-bond acceptors (Lipinski definition) is 4. The van der Waals surface area contributed by atoms with Crippen molar-refractivity contribution in [1.82, 2.24) is 0 Å². The standard InChI is InChI=1S/C15H12Cl2O4S/c1-22(19,20)12-6-7-14(17)13(8-12)15(18)21-9-10-2-4-11(16)5-3-10/h2-8H,9H2,1H3. The van der Waals surface area contributed by atoms with Gasteiger partial charge < -0.3 is 4.74 Å². The third-order valence-corrected chi connectivity index (χ3v) is 4.56. The van der Waals surface area contributed by atoms with Crippen LogP contribution in [0.15, 0.2) is 47.4 Å². The highest BCUT2D eigenvalue weighted by atomic mass is 35.5. The summed E-state index contributed by atoms with van der Waals surface area (Å²) >= 11 is 11.7. The highest BCUT2D eigenvalue weighted by molar-refractivity contribution is 7.90. The van der Waals surface area contributed by atoms with E-state index in [1.165, 1.54) is 18.2 Å². The number of carbonyl (C=O) groups excluding carboxylic acids is 1. The second-order valence-corrected chi connectivity index (χ2v) is 7.48. The van der Waals surface area contributed by atoms with Crippen LogP contribution < -0.4 is 0 Å². The number of ether oxygens (including phenoxy) is 1. The fourth-order valence-corrected chi connectivity index (χ4v) is 2.67. The van der Waals surface area contributed by atoms with E-state index in [4.69, 9.17) is 27.9 Å². The van der Waals surface area contributed by atoms with Crippen LogP contribution in [0.3, 0.4) is 0 Å². The van der Waals surface area contributed by atoms with Crippen molar-refractivity contribution in [2.45, 2.75) is 11.5 Å². The van der Waals surface area contributed by atoms with Gasteiger partial charge in [-0.3, -0.25) is 0 Å². The summed E-state index contributed by atoms with van der Waals surface area (Å²) < 4.78 is 28.2. The number of rotatable bonds is 4. The third-order valence-electron chi connectivity index (χ3n) is 2.87. The van der Waals surface area contributed by atoms with Crippen LogP contribution in [0.2, 0.25) is 10.0 Å². The largest absolute Gasteiger partial charge is 0.457 e. The van der Waals surface area contributed by atoms with Crippen molar-refractivity contribution in [3.8, 4) is 0 Å². The molecule has 0 fully saturated rings. The van der Waals surface area contributed by atoms with Gasteiger partial charge in [-0.2, -0.15) is 0 Å². The van der Waals surface area contributed by atoms with Gasteiger partial charge in [0.25, 0.3) is 0 Å². The molecule has 0 aliphatic rings. The van der Waals surface area contributed by atoms with E-state index in [-0.39, 0.29) is 22.1 Å². The van der Waals surface area contributed by atoms with Crippen LogP contribution in [0.1, 0.15) is 15.9 Å². The summed E-state index contributed by atoms with van der Waals surface area (Å²) in [6, 6.07) is 10.7. The third kappa shape index (κ3) is 4.22. The van der Waals surface area contributed by atoms with E-state index >= 15 is 0 Å². The summed E-state index contributed by atoms with van der Waals surface area (Å²) in [5, 5.41) is 0.715. The van der Waals surface area contributed by atoms with Crippen molar-refractivity contribution in [3.63, 3.8) is 0 Å². The maximum absolute atomic E-state index is 12.1. The summed E-state index contributed by atoms with van der Waals surface area (Å²) in [7, 11) is -3.43. The lowest BCUT2D eigenvalue weighted by Gasteiger charge is -2.08. The summed E-state index contributed by atoms with van der Waals surface area (Å²) in [5.74, 6) is -0.689. The van der Waals surface area contributed by atoms with Gasteiger partial charge in [-0.05, 0) is 35.9 Å². The minimum Gasteiger partial charge on any atom is -0.457 e. The van der Waals surface area contributed by atoms with Gasteiger partial charge in [0.05, 0.1) is 15.5 Å². The highest BCUT2D eigenvalue weighted by Gasteiger charge is 2.16. The number of halogens is 2. The molecule has 0 heterocycles. The molecule has 0 aliphatic carbocycles. The minimum absolute atomic E-state index is 0.00958. The lowest BCUT2D eigenvalue weighted by molar-refractivity contribution is 0.0472. The van der Waals surface area contributed by atoms with Gasteiger partial charge in [-0.1, -0.05) is 35.3 Å². The zero-order chi connectivity index (χ0) is 16.3. The summed E-state index contributed by atoms with van der Waals surface area (Å²) in [6.45, 7) is 0.0371. The zero-order valence-corrected chi connectivity index (χ0v) is 13.9. The monoisotopic (exact) mass is 358 g/mol. The smallest absolute Gasteiger partial charge is 0.340 e. The Morgan fingerprint density at radius 3 is 2.32 bits per heavy atom. The second-order valence-electron chi connectivity index (χ2n) is 4.62. The molecule has 0 spiro atoms. The molecule has 0 saturated heterocycles. The van der Waals surface area contributed by atoms with Crippen molar-refractivity contribution in [2.24, 2.45) is 0 Å². The molecule has 0 atom stereocenters. The summed E-state index contributed by atoms with van der Waals surface area (Å²) in [6.07, 6.45) is 1.05. The van der Waals surface area contributed by atoms with Crippen molar-refractivity contribution in [2.75, 3.05) is 6.26 Å². The molecule has 0 unspecified atom stereocenters. The fourth-order valence-electron chi connectivity index (χ4n) is 1.70. The first-order valence-corrected chi connectivity index (χ1v) is 8.83. The first kappa shape index (κ1) is 16.8. The van der Waals surface area contributed by atoms with Crippen LogP contribution in [0.4, 0.5) is 0 Å². The van der Waals surface area contributed by atoms with E-state index in [1.54, 1.807) is 24.3 Å². The predicted octanol–water partition coefficient (Wildman–Crippen LogP) is 3.75. The van der Waals surface area contributed by atoms with E-state index in [0.717, 1.165) is 11.8 Å². The van der Waals surface area contributed by atoms with Crippen LogP contribution in [-0.4, -0.2) is 20.6 Å². The molecule has 0 bridgehead atoms. The van der Waals surface area contributed by atoms with Gasteiger partial charge in [0.15, 0.2) is 9.84 Å². The van der Waals surface area contributed by atoms with E-state index in [1.807, 2.05) is 0 Å². The molecular weight excluding hydrogens is 347 g/mol. The van der Waals surface area contributed by atoms with Crippen LogP contribution in [-0.2, 0) is 21.2 Å². The molecular formula is C15H12Cl2O4S. The Morgan fingerprint density at radius 2 is 1.73 bits per heavy atom. The Bertz CT molecular complexity index is 799. The average Bonchev–Trinajstić information content (AvgIpc) is 2.45. The van der Waals surface area contributed by atoms with Crippen LogP contribution in [0.5, 0.6) is 0 Å². The molecule has 116 valence electrons. The van der Waals surface area contributed by atoms with Crippen LogP contribution >= 0.6 is 23.2 Å². The van der Waals surface area contributed by atoms with E-state index in [9.17, 15) is 13.2 Å². The number of benzene rings is 2. The SMILES string of the molecule is CS(=O)(=O)c1ccc(Cl)c(C(=O)OCc2ccc(Cl)cc2)c1. The van der Waals surface area contributed by atoms with Crippen molar-refractivity contribution in [3.05, 3.63) is 63.6 Å². The Balaban J connectivity index is 2.17. The molecule has 4 nitrogen and oxygen atoms in total. The van der Waals surface area contributed by atoms with Crippen molar-refractivity contribution in [1.29, 1.82) is 0 Å². The number of carbonyl (C=O) groups is 1. The Hall–Kier alpha value is -1.56. The van der Waals surface area contributed by atoms with E-state index < -0.39 is 15.8 Å². The molecule has 22 heavy (non-hydrogen) atoms. The summed E-state index contributed by atoms with van der Waals surface area (Å²) in [5.41, 5.74) is 0.770. The van der Waals surface area contributed by atoms with Gasteiger partial charge in [0, 0.05) is 11.3 Å². The van der Waals surface area contributed by atoms with Crippen LogP contribution in [0.25, 0.3) is 0 Å². The van der Waals surface area contributed by atoms with Gasteiger partial charge in [-0.15, -0.1) is 0 Å². The minimum atomic E-state index is -3.43. The molecule has 2 rings (SSSR count). The highest BCUT2D eigenvalue weighted by Crippen LogP contribution is 2.22. The molecule has 7 heteroatoms. The van der Waals surface area contributed by atoms with Crippen LogP contribution in [0, 0.1) is 0 Å². The molecule has 0 radical (unpaired) electrons. The lowest BCUT2D eigenvalue weighted by Crippen LogP contribution is -2.08. The Kier molecular flexibility index (Phi) is 5.11. The molecule has 2 aromatic rings. The topological polar surface area (TPSA) is 60.4 Å². The second kappa shape index (κ2) is 6.69. The summed E-state index contributed by atoms with van der Waals surface area (Å²) in [4.78, 5) is 12.1. The number of sulfone groups is 1. The average molecular weight is 359 g/mol. The predicted molar refractivity (Wildman–Crippen MR) is 85.1 cm³/mol. The van der Waals surface area contributed by atoms with E-state index in [2.05, 4.69) is 0 Å². The number of esters is 1. The van der Waals surface area contributed by atoms with Gasteiger partial charge in [0.1, 0.15) is 6.61 Å². The maximum atomic E-state index is 12.1. The van der Waals surface area contributed by atoms with Crippen molar-refractivity contribution >= 4 is 39.0 Å². The molecule has 2 aromatic carbocycles. The lowest BCUT2D eigenvalue weighted by atomic mass is 10.2. The van der Waals surface area contributed by atoms with E-state index in [0.29, 0.717) is 5.02 Å². The number of hydrogen-bond donors (Lipinski definition) is 0. The normalized spacial score (nSPS) is 11.2. The van der Waals surface area contributed by atoms with Crippen molar-refractivity contribution < 1.29 is 17.9 Å². The Morgan fingerprint density at radius 1 is 1.09 bits per heavy atom. The molecule has 0 N–H and O–H groups in total. The molecule has 0 amide bonds. The first-order chi connectivity index (χ1) is 10.3. The van der Waals surface area contributed by atoms with Gasteiger partial charge in [0.2, 0.25) is 0 Å². The Labute approximate surface area is 138 Å². The quantitative estimate of drug-likeness (QED) is 0.780.